The van der Waals surface area contributed by atoms with E-state index in [4.69, 9.17) is 5.11 Å². The van der Waals surface area contributed by atoms with E-state index in [1.165, 1.54) is 32.1 Å². The van der Waals surface area contributed by atoms with Gasteiger partial charge in [0.15, 0.2) is 0 Å². The Bertz CT molecular complexity index is 288. The highest BCUT2D eigenvalue weighted by atomic mass is 16.4. The van der Waals surface area contributed by atoms with Crippen LogP contribution in [-0.2, 0) is 4.79 Å². The molecular weight excluding hydrogens is 244 g/mol. The average molecular weight is 270 g/mol. The topological polar surface area (TPSA) is 78.4 Å². The molecule has 1 aliphatic carbocycles. The molecule has 1 aliphatic rings. The number of carbonyl (C=O) groups excluding carboxylic acids is 1. The number of urea groups is 1. The maximum atomic E-state index is 11.6. The first-order chi connectivity index (χ1) is 9.13. The molecule has 0 aromatic carbocycles. The fourth-order valence-corrected chi connectivity index (χ4v) is 2.57. The minimum atomic E-state index is -0.838. The summed E-state index contributed by atoms with van der Waals surface area (Å²) in [5, 5.41) is 14.5. The van der Waals surface area contributed by atoms with E-state index >= 15 is 0 Å². The molecular formula is C14H26N2O3. The smallest absolute Gasteiger partial charge is 0.314 e. The monoisotopic (exact) mass is 270 g/mol. The Kier molecular flexibility index (Phi) is 7.30. The molecule has 1 atom stereocenters. The zero-order valence-electron chi connectivity index (χ0n) is 11.8. The third-order valence-electron chi connectivity index (χ3n) is 3.77. The molecule has 0 aliphatic heterocycles. The molecule has 5 nitrogen and oxygen atoms in total. The summed E-state index contributed by atoms with van der Waals surface area (Å²) in [6.07, 6.45) is 7.60. The first-order valence-corrected chi connectivity index (χ1v) is 7.38. The molecule has 110 valence electrons. The molecule has 2 amide bonds. The van der Waals surface area contributed by atoms with E-state index in [1.54, 1.807) is 0 Å². The summed E-state index contributed by atoms with van der Waals surface area (Å²) in [5.41, 5.74) is 0. The SMILES string of the molecule is CCCC(CNC(=O)NCC1CCCCC1)C(=O)O. The molecule has 0 bridgehead atoms. The third-order valence-corrected chi connectivity index (χ3v) is 3.77. The zero-order chi connectivity index (χ0) is 14.1. The summed E-state index contributed by atoms with van der Waals surface area (Å²) < 4.78 is 0. The molecule has 0 aromatic heterocycles. The summed E-state index contributed by atoms with van der Waals surface area (Å²) in [5.74, 6) is -0.731. The second kappa shape index (κ2) is 8.77. The van der Waals surface area contributed by atoms with Gasteiger partial charge in [-0.3, -0.25) is 4.79 Å². The highest BCUT2D eigenvalue weighted by molar-refractivity contribution is 5.75. The fourth-order valence-electron chi connectivity index (χ4n) is 2.57. The van der Waals surface area contributed by atoms with Gasteiger partial charge in [-0.05, 0) is 25.2 Å². The molecule has 0 aromatic rings. The van der Waals surface area contributed by atoms with Crippen LogP contribution >= 0.6 is 0 Å². The number of hydrogen-bond donors (Lipinski definition) is 3. The molecule has 0 radical (unpaired) electrons. The highest BCUT2D eigenvalue weighted by Crippen LogP contribution is 2.22. The number of carboxylic acids is 1. The number of carbonyl (C=O) groups is 2. The van der Waals surface area contributed by atoms with Crippen molar-refractivity contribution in [3.63, 3.8) is 0 Å². The van der Waals surface area contributed by atoms with Gasteiger partial charge in [0.25, 0.3) is 0 Å². The minimum absolute atomic E-state index is 0.208. The lowest BCUT2D eigenvalue weighted by Crippen LogP contribution is -2.41. The second-order valence-corrected chi connectivity index (χ2v) is 5.42. The van der Waals surface area contributed by atoms with Crippen LogP contribution in [-0.4, -0.2) is 30.2 Å². The quantitative estimate of drug-likeness (QED) is 0.664. The molecule has 5 heteroatoms. The van der Waals surface area contributed by atoms with Crippen LogP contribution in [0.2, 0.25) is 0 Å². The van der Waals surface area contributed by atoms with Gasteiger partial charge in [-0.1, -0.05) is 32.6 Å². The van der Waals surface area contributed by atoms with Crippen LogP contribution in [0.4, 0.5) is 4.79 Å². The Morgan fingerprint density at radius 2 is 1.89 bits per heavy atom. The zero-order valence-corrected chi connectivity index (χ0v) is 11.8. The van der Waals surface area contributed by atoms with E-state index in [0.29, 0.717) is 18.9 Å². The molecule has 1 unspecified atom stereocenters. The Hall–Kier alpha value is -1.26. The summed E-state index contributed by atoms with van der Waals surface area (Å²) in [6.45, 7) is 2.86. The van der Waals surface area contributed by atoms with Crippen LogP contribution in [0.5, 0.6) is 0 Å². The number of nitrogens with one attached hydrogen (secondary N) is 2. The average Bonchev–Trinajstić information content (AvgIpc) is 2.42. The number of rotatable bonds is 7. The van der Waals surface area contributed by atoms with Crippen molar-refractivity contribution < 1.29 is 14.7 Å². The Morgan fingerprint density at radius 3 is 2.47 bits per heavy atom. The lowest BCUT2D eigenvalue weighted by atomic mass is 9.89. The predicted molar refractivity (Wildman–Crippen MR) is 74.0 cm³/mol. The molecule has 1 fully saturated rings. The summed E-state index contributed by atoms with van der Waals surface area (Å²) in [7, 11) is 0. The van der Waals surface area contributed by atoms with Crippen molar-refractivity contribution in [1.82, 2.24) is 10.6 Å². The molecule has 19 heavy (non-hydrogen) atoms. The van der Waals surface area contributed by atoms with Crippen LogP contribution in [0.25, 0.3) is 0 Å². The largest absolute Gasteiger partial charge is 0.481 e. The number of amides is 2. The van der Waals surface area contributed by atoms with Crippen molar-refractivity contribution in [3.8, 4) is 0 Å². The van der Waals surface area contributed by atoms with Gasteiger partial charge in [0.2, 0.25) is 0 Å². The standard InChI is InChI=1S/C14H26N2O3/c1-2-6-12(13(17)18)10-16-14(19)15-9-11-7-4-3-5-8-11/h11-12H,2-10H2,1H3,(H,17,18)(H2,15,16,19). The van der Waals surface area contributed by atoms with E-state index in [-0.39, 0.29) is 12.6 Å². The van der Waals surface area contributed by atoms with Gasteiger partial charge in [0.05, 0.1) is 5.92 Å². The summed E-state index contributed by atoms with van der Waals surface area (Å²) >= 11 is 0. The van der Waals surface area contributed by atoms with Gasteiger partial charge < -0.3 is 15.7 Å². The Labute approximate surface area is 115 Å². The number of carboxylic acid groups (broad SMARTS) is 1. The van der Waals surface area contributed by atoms with Crippen molar-refractivity contribution >= 4 is 12.0 Å². The molecule has 0 heterocycles. The molecule has 0 saturated heterocycles. The van der Waals surface area contributed by atoms with Gasteiger partial charge in [-0.15, -0.1) is 0 Å². The molecule has 1 rings (SSSR count). The van der Waals surface area contributed by atoms with E-state index in [1.807, 2.05) is 6.92 Å². The van der Waals surface area contributed by atoms with Gasteiger partial charge in [-0.2, -0.15) is 0 Å². The normalized spacial score (nSPS) is 17.7. The van der Waals surface area contributed by atoms with Crippen LogP contribution in [0.15, 0.2) is 0 Å². The molecule has 1 saturated carbocycles. The summed E-state index contributed by atoms with van der Waals surface area (Å²) in [6, 6.07) is -0.243. The number of hydrogen-bond acceptors (Lipinski definition) is 2. The predicted octanol–water partition coefficient (Wildman–Crippen LogP) is 2.37. The number of aliphatic carboxylic acids is 1. The van der Waals surface area contributed by atoms with Crippen molar-refractivity contribution in [2.24, 2.45) is 11.8 Å². The van der Waals surface area contributed by atoms with Crippen LogP contribution in [0.3, 0.4) is 0 Å². The van der Waals surface area contributed by atoms with Crippen LogP contribution in [0, 0.1) is 11.8 Å². The van der Waals surface area contributed by atoms with Crippen molar-refractivity contribution in [2.75, 3.05) is 13.1 Å². The highest BCUT2D eigenvalue weighted by Gasteiger charge is 2.18. The third kappa shape index (κ3) is 6.45. The van der Waals surface area contributed by atoms with Crippen molar-refractivity contribution in [3.05, 3.63) is 0 Å². The van der Waals surface area contributed by atoms with Crippen LogP contribution < -0.4 is 10.6 Å². The van der Waals surface area contributed by atoms with Crippen molar-refractivity contribution in [2.45, 2.75) is 51.9 Å². The van der Waals surface area contributed by atoms with Crippen LogP contribution in [0.1, 0.15) is 51.9 Å². The lowest BCUT2D eigenvalue weighted by molar-refractivity contribution is -0.141. The fraction of sp³-hybridized carbons (Fsp3) is 0.857. The Balaban J connectivity index is 2.17. The molecule has 0 spiro atoms. The second-order valence-electron chi connectivity index (χ2n) is 5.42. The maximum absolute atomic E-state index is 11.6. The maximum Gasteiger partial charge on any atom is 0.314 e. The van der Waals surface area contributed by atoms with E-state index in [2.05, 4.69) is 10.6 Å². The van der Waals surface area contributed by atoms with Gasteiger partial charge in [-0.25, -0.2) is 4.79 Å². The first-order valence-electron chi connectivity index (χ1n) is 7.38. The first kappa shape index (κ1) is 15.8. The molecule has 3 N–H and O–H groups in total. The van der Waals surface area contributed by atoms with E-state index in [9.17, 15) is 9.59 Å². The Morgan fingerprint density at radius 1 is 1.21 bits per heavy atom. The minimum Gasteiger partial charge on any atom is -0.481 e. The summed E-state index contributed by atoms with van der Waals surface area (Å²) in [4.78, 5) is 22.5. The van der Waals surface area contributed by atoms with E-state index < -0.39 is 11.9 Å². The lowest BCUT2D eigenvalue weighted by Gasteiger charge is -2.22. The van der Waals surface area contributed by atoms with E-state index in [0.717, 1.165) is 6.42 Å². The van der Waals surface area contributed by atoms with Gasteiger partial charge in [0.1, 0.15) is 0 Å². The van der Waals surface area contributed by atoms with Crippen molar-refractivity contribution in [1.29, 1.82) is 0 Å². The van der Waals surface area contributed by atoms with Gasteiger partial charge in [0, 0.05) is 13.1 Å². The van der Waals surface area contributed by atoms with Gasteiger partial charge >= 0.3 is 12.0 Å².